The van der Waals surface area contributed by atoms with E-state index in [1.165, 1.54) is 0 Å². The Balaban J connectivity index is 1.98. The van der Waals surface area contributed by atoms with Gasteiger partial charge in [0.15, 0.2) is 9.84 Å². The minimum Gasteiger partial charge on any atom is -0.481 e. The molecule has 0 spiro atoms. The summed E-state index contributed by atoms with van der Waals surface area (Å²) in [4.78, 5) is 10.8. The highest BCUT2D eigenvalue weighted by Gasteiger charge is 2.24. The van der Waals surface area contributed by atoms with E-state index < -0.39 is 15.8 Å². The largest absolute Gasteiger partial charge is 0.481 e. The summed E-state index contributed by atoms with van der Waals surface area (Å²) in [6, 6.07) is 7.31. The molecule has 1 atom stereocenters. The summed E-state index contributed by atoms with van der Waals surface area (Å²) in [5.41, 5.74) is 1.68. The van der Waals surface area contributed by atoms with Crippen LogP contribution in [0.3, 0.4) is 0 Å². The van der Waals surface area contributed by atoms with E-state index >= 15 is 0 Å². The molecule has 0 aromatic heterocycles. The van der Waals surface area contributed by atoms with Gasteiger partial charge in [-0.1, -0.05) is 24.3 Å². The minimum atomic E-state index is -2.92. The van der Waals surface area contributed by atoms with E-state index in [4.69, 9.17) is 5.11 Å². The number of carboxylic acids is 1. The van der Waals surface area contributed by atoms with Crippen LogP contribution in [0.2, 0.25) is 0 Å². The van der Waals surface area contributed by atoms with Crippen LogP contribution in [0.1, 0.15) is 24.0 Å². The zero-order chi connectivity index (χ0) is 14.6. The van der Waals surface area contributed by atoms with Crippen molar-refractivity contribution in [2.45, 2.75) is 31.8 Å². The van der Waals surface area contributed by atoms with Crippen LogP contribution in [0.25, 0.3) is 0 Å². The molecule has 1 unspecified atom stereocenters. The van der Waals surface area contributed by atoms with Crippen molar-refractivity contribution in [3.63, 3.8) is 0 Å². The van der Waals surface area contributed by atoms with Crippen LogP contribution in [0.5, 0.6) is 0 Å². The highest BCUT2D eigenvalue weighted by atomic mass is 32.2. The van der Waals surface area contributed by atoms with Crippen molar-refractivity contribution in [1.82, 2.24) is 5.32 Å². The highest BCUT2D eigenvalue weighted by Crippen LogP contribution is 2.14. The van der Waals surface area contributed by atoms with Crippen molar-refractivity contribution in [3.05, 3.63) is 35.4 Å². The van der Waals surface area contributed by atoms with Crippen LogP contribution < -0.4 is 5.32 Å². The molecule has 1 aromatic rings. The van der Waals surface area contributed by atoms with E-state index in [1.807, 2.05) is 18.2 Å². The number of carboxylic acid groups (broad SMARTS) is 1. The van der Waals surface area contributed by atoms with E-state index in [2.05, 4.69) is 5.32 Å². The Kier molecular flexibility index (Phi) is 4.77. The predicted molar refractivity (Wildman–Crippen MR) is 76.3 cm³/mol. The van der Waals surface area contributed by atoms with Gasteiger partial charge in [-0.25, -0.2) is 8.42 Å². The van der Waals surface area contributed by atoms with E-state index in [-0.39, 0.29) is 24.0 Å². The molecule has 2 rings (SSSR count). The van der Waals surface area contributed by atoms with Crippen LogP contribution in [0.4, 0.5) is 0 Å². The molecule has 1 fully saturated rings. The first-order valence-corrected chi connectivity index (χ1v) is 8.51. The molecule has 1 aliphatic heterocycles. The third kappa shape index (κ3) is 4.31. The molecular formula is C14H19NO4S. The van der Waals surface area contributed by atoms with Gasteiger partial charge in [0.25, 0.3) is 0 Å². The van der Waals surface area contributed by atoms with Crippen LogP contribution in [0.15, 0.2) is 24.3 Å². The molecule has 1 aromatic carbocycles. The first-order chi connectivity index (χ1) is 9.46. The lowest BCUT2D eigenvalue weighted by Crippen LogP contribution is -2.39. The number of sulfone groups is 1. The summed E-state index contributed by atoms with van der Waals surface area (Å²) in [6.45, 7) is 0.504. The summed E-state index contributed by atoms with van der Waals surface area (Å²) in [7, 11) is -2.92. The molecule has 0 saturated carbocycles. The van der Waals surface area contributed by atoms with Gasteiger partial charge in [-0.05, 0) is 24.0 Å². The minimum absolute atomic E-state index is 0.0131. The maximum Gasteiger partial charge on any atom is 0.307 e. The van der Waals surface area contributed by atoms with Gasteiger partial charge in [0.2, 0.25) is 0 Å². The second-order valence-electron chi connectivity index (χ2n) is 5.17. The molecule has 20 heavy (non-hydrogen) atoms. The molecule has 2 N–H and O–H groups in total. The number of benzene rings is 1. The SMILES string of the molecule is O=C(O)Cc1ccccc1CNC1CCCS(=O)(=O)C1. The van der Waals surface area contributed by atoms with Gasteiger partial charge < -0.3 is 10.4 Å². The molecule has 1 aliphatic rings. The van der Waals surface area contributed by atoms with Crippen LogP contribution in [0, 0.1) is 0 Å². The first-order valence-electron chi connectivity index (χ1n) is 6.69. The molecule has 0 radical (unpaired) electrons. The van der Waals surface area contributed by atoms with Gasteiger partial charge in [0.05, 0.1) is 17.9 Å². The average molecular weight is 297 g/mol. The van der Waals surface area contributed by atoms with Crippen LogP contribution in [-0.4, -0.2) is 37.0 Å². The first kappa shape index (κ1) is 15.0. The maximum absolute atomic E-state index is 11.6. The van der Waals surface area contributed by atoms with Gasteiger partial charge in [0.1, 0.15) is 0 Å². The quantitative estimate of drug-likeness (QED) is 0.846. The van der Waals surface area contributed by atoms with Crippen LogP contribution in [-0.2, 0) is 27.6 Å². The Bertz CT molecular complexity index is 583. The summed E-state index contributed by atoms with van der Waals surface area (Å²) in [5, 5.41) is 12.1. The van der Waals surface area contributed by atoms with E-state index in [0.29, 0.717) is 13.0 Å². The second kappa shape index (κ2) is 6.37. The fourth-order valence-corrected chi connectivity index (χ4v) is 4.17. The Hall–Kier alpha value is -1.40. The van der Waals surface area contributed by atoms with E-state index in [0.717, 1.165) is 17.5 Å². The van der Waals surface area contributed by atoms with Crippen molar-refractivity contribution >= 4 is 15.8 Å². The molecule has 0 bridgehead atoms. The Morgan fingerprint density at radius 2 is 2.00 bits per heavy atom. The molecular weight excluding hydrogens is 278 g/mol. The molecule has 5 nitrogen and oxygen atoms in total. The third-order valence-corrected chi connectivity index (χ3v) is 5.33. The average Bonchev–Trinajstić information content (AvgIpc) is 2.36. The second-order valence-corrected chi connectivity index (χ2v) is 7.40. The number of rotatable bonds is 5. The molecule has 1 heterocycles. The van der Waals surface area contributed by atoms with Gasteiger partial charge in [-0.15, -0.1) is 0 Å². The zero-order valence-corrected chi connectivity index (χ0v) is 12.0. The fraction of sp³-hybridized carbons (Fsp3) is 0.500. The predicted octanol–water partition coefficient (Wildman–Crippen LogP) is 0.981. The topological polar surface area (TPSA) is 83.5 Å². The fourth-order valence-electron chi connectivity index (χ4n) is 2.50. The molecule has 0 aliphatic carbocycles. The maximum atomic E-state index is 11.6. The molecule has 6 heteroatoms. The lowest BCUT2D eigenvalue weighted by molar-refractivity contribution is -0.136. The molecule has 1 saturated heterocycles. The lowest BCUT2D eigenvalue weighted by atomic mass is 10.0. The summed E-state index contributed by atoms with van der Waals surface area (Å²) in [6.07, 6.45) is 1.53. The van der Waals surface area contributed by atoms with Gasteiger partial charge in [-0.2, -0.15) is 0 Å². The van der Waals surface area contributed by atoms with Crippen molar-refractivity contribution in [2.75, 3.05) is 11.5 Å². The number of hydrogen-bond donors (Lipinski definition) is 2. The van der Waals surface area contributed by atoms with Crippen molar-refractivity contribution < 1.29 is 18.3 Å². The summed E-state index contributed by atoms with van der Waals surface area (Å²) >= 11 is 0. The van der Waals surface area contributed by atoms with Gasteiger partial charge in [0, 0.05) is 12.6 Å². The number of carbonyl (C=O) groups is 1. The van der Waals surface area contributed by atoms with Gasteiger partial charge >= 0.3 is 5.97 Å². The van der Waals surface area contributed by atoms with Crippen molar-refractivity contribution in [1.29, 1.82) is 0 Å². The molecule has 0 amide bonds. The Labute approximate surface area is 118 Å². The monoisotopic (exact) mass is 297 g/mol. The summed E-state index contributed by atoms with van der Waals surface area (Å²) in [5.74, 6) is -0.410. The standard InChI is InChI=1S/C14H19NO4S/c16-14(17)8-11-4-1-2-5-12(11)9-15-13-6-3-7-20(18,19)10-13/h1-2,4-5,13,15H,3,6-10H2,(H,16,17). The normalized spacial score (nSPS) is 21.5. The Morgan fingerprint density at radius 1 is 1.30 bits per heavy atom. The number of nitrogens with one attached hydrogen (secondary N) is 1. The number of hydrogen-bond acceptors (Lipinski definition) is 4. The molecule has 110 valence electrons. The lowest BCUT2D eigenvalue weighted by Gasteiger charge is -2.23. The van der Waals surface area contributed by atoms with Crippen molar-refractivity contribution in [3.8, 4) is 0 Å². The van der Waals surface area contributed by atoms with E-state index in [1.54, 1.807) is 6.07 Å². The smallest absolute Gasteiger partial charge is 0.307 e. The van der Waals surface area contributed by atoms with E-state index in [9.17, 15) is 13.2 Å². The highest BCUT2D eigenvalue weighted by molar-refractivity contribution is 7.91. The zero-order valence-electron chi connectivity index (χ0n) is 11.2. The third-order valence-electron chi connectivity index (χ3n) is 3.50. The number of aliphatic carboxylic acids is 1. The van der Waals surface area contributed by atoms with Crippen LogP contribution >= 0.6 is 0 Å². The summed E-state index contributed by atoms with van der Waals surface area (Å²) < 4.78 is 23.1. The van der Waals surface area contributed by atoms with Gasteiger partial charge in [-0.3, -0.25) is 4.79 Å². The van der Waals surface area contributed by atoms with Crippen molar-refractivity contribution in [2.24, 2.45) is 0 Å². The Morgan fingerprint density at radius 3 is 2.65 bits per heavy atom.